The molecule has 8 heteroatoms. The van der Waals surface area contributed by atoms with Crippen LogP contribution in [0, 0.1) is 0 Å². The third-order valence-corrected chi connectivity index (χ3v) is 5.53. The SMILES string of the molecule is CCCOc1ccc(-c2cnc(OC)nc2)cc1C(=O)N[C@@H](CO)Cc1c[nH]c2ccccc12. The molecule has 2 aromatic heterocycles. The molecule has 0 bridgehead atoms. The van der Waals surface area contributed by atoms with E-state index in [1.54, 1.807) is 24.5 Å². The molecular formula is C26H28N4O4. The highest BCUT2D eigenvalue weighted by atomic mass is 16.5. The van der Waals surface area contributed by atoms with Gasteiger partial charge in [0, 0.05) is 35.1 Å². The smallest absolute Gasteiger partial charge is 0.316 e. The first-order valence-electron chi connectivity index (χ1n) is 11.2. The summed E-state index contributed by atoms with van der Waals surface area (Å²) < 4.78 is 10.9. The van der Waals surface area contributed by atoms with E-state index in [4.69, 9.17) is 9.47 Å². The number of carbonyl (C=O) groups excluding carboxylic acids is 1. The first kappa shape index (κ1) is 23.3. The Labute approximate surface area is 198 Å². The summed E-state index contributed by atoms with van der Waals surface area (Å²) >= 11 is 0. The third kappa shape index (κ3) is 5.18. The Hall–Kier alpha value is -3.91. The van der Waals surface area contributed by atoms with Crippen molar-refractivity contribution in [2.45, 2.75) is 25.8 Å². The maximum atomic E-state index is 13.3. The van der Waals surface area contributed by atoms with Crippen molar-refractivity contribution in [1.82, 2.24) is 20.3 Å². The Bertz CT molecular complexity index is 1250. The quantitative estimate of drug-likeness (QED) is 0.333. The summed E-state index contributed by atoms with van der Waals surface area (Å²) in [7, 11) is 1.51. The largest absolute Gasteiger partial charge is 0.493 e. The predicted octanol–water partition coefficient (Wildman–Crippen LogP) is 3.76. The van der Waals surface area contributed by atoms with Gasteiger partial charge >= 0.3 is 6.01 Å². The van der Waals surface area contributed by atoms with Gasteiger partial charge in [-0.05, 0) is 42.2 Å². The molecule has 0 spiro atoms. The first-order chi connectivity index (χ1) is 16.6. The summed E-state index contributed by atoms with van der Waals surface area (Å²) in [6.45, 7) is 2.30. The van der Waals surface area contributed by atoms with Crippen LogP contribution in [0.15, 0.2) is 61.1 Å². The maximum Gasteiger partial charge on any atom is 0.316 e. The molecule has 4 rings (SSSR count). The molecule has 2 aromatic carbocycles. The van der Waals surface area contributed by atoms with Crippen LogP contribution >= 0.6 is 0 Å². The van der Waals surface area contributed by atoms with E-state index < -0.39 is 6.04 Å². The number of para-hydroxylation sites is 1. The molecule has 8 nitrogen and oxygen atoms in total. The molecule has 0 saturated carbocycles. The van der Waals surface area contributed by atoms with Gasteiger partial charge in [-0.15, -0.1) is 0 Å². The minimum Gasteiger partial charge on any atom is -0.493 e. The van der Waals surface area contributed by atoms with Crippen LogP contribution in [0.5, 0.6) is 11.8 Å². The van der Waals surface area contributed by atoms with Crippen molar-refractivity contribution in [3.63, 3.8) is 0 Å². The Morgan fingerprint density at radius 1 is 1.15 bits per heavy atom. The number of methoxy groups -OCH3 is 1. The van der Waals surface area contributed by atoms with Gasteiger partial charge in [-0.25, -0.2) is 9.97 Å². The third-order valence-electron chi connectivity index (χ3n) is 5.53. The highest BCUT2D eigenvalue weighted by Crippen LogP contribution is 2.27. The number of ether oxygens (including phenoxy) is 2. The summed E-state index contributed by atoms with van der Waals surface area (Å²) in [5.74, 6) is 0.169. The van der Waals surface area contributed by atoms with E-state index >= 15 is 0 Å². The molecule has 3 N–H and O–H groups in total. The number of carbonyl (C=O) groups is 1. The Morgan fingerprint density at radius 3 is 2.68 bits per heavy atom. The lowest BCUT2D eigenvalue weighted by atomic mass is 10.0. The fourth-order valence-electron chi connectivity index (χ4n) is 3.79. The number of aromatic nitrogens is 3. The molecule has 176 valence electrons. The number of H-pyrrole nitrogens is 1. The highest BCUT2D eigenvalue weighted by Gasteiger charge is 2.20. The number of aliphatic hydroxyl groups is 1. The molecule has 2 heterocycles. The lowest BCUT2D eigenvalue weighted by Crippen LogP contribution is -2.39. The maximum absolute atomic E-state index is 13.3. The molecule has 0 unspecified atom stereocenters. The molecule has 1 atom stereocenters. The number of aliphatic hydroxyl groups excluding tert-OH is 1. The lowest BCUT2D eigenvalue weighted by molar-refractivity contribution is 0.0912. The second-order valence-electron chi connectivity index (χ2n) is 7.93. The molecular weight excluding hydrogens is 432 g/mol. The van der Waals surface area contributed by atoms with Crippen molar-refractivity contribution >= 4 is 16.8 Å². The zero-order valence-corrected chi connectivity index (χ0v) is 19.2. The Balaban J connectivity index is 1.58. The normalized spacial score (nSPS) is 11.9. The van der Waals surface area contributed by atoms with Crippen LogP contribution in [0.25, 0.3) is 22.0 Å². The van der Waals surface area contributed by atoms with Crippen LogP contribution in [-0.2, 0) is 6.42 Å². The summed E-state index contributed by atoms with van der Waals surface area (Å²) in [5, 5.41) is 14.0. The van der Waals surface area contributed by atoms with E-state index in [2.05, 4.69) is 20.3 Å². The molecule has 0 aliphatic rings. The average molecular weight is 461 g/mol. The summed E-state index contributed by atoms with van der Waals surface area (Å²) in [6, 6.07) is 13.2. The first-order valence-corrected chi connectivity index (χ1v) is 11.2. The monoisotopic (exact) mass is 460 g/mol. The van der Waals surface area contributed by atoms with Crippen molar-refractivity contribution in [2.75, 3.05) is 20.3 Å². The Kier molecular flexibility index (Phi) is 7.39. The average Bonchev–Trinajstić information content (AvgIpc) is 3.29. The van der Waals surface area contributed by atoms with Crippen molar-refractivity contribution in [2.24, 2.45) is 0 Å². The Morgan fingerprint density at radius 2 is 1.94 bits per heavy atom. The van der Waals surface area contributed by atoms with Gasteiger partial charge in [-0.3, -0.25) is 4.79 Å². The van der Waals surface area contributed by atoms with Crippen LogP contribution in [0.1, 0.15) is 29.3 Å². The summed E-state index contributed by atoms with van der Waals surface area (Å²) in [4.78, 5) is 24.8. The zero-order chi connectivity index (χ0) is 23.9. The number of fused-ring (bicyclic) bond motifs is 1. The number of hydrogen-bond donors (Lipinski definition) is 3. The second kappa shape index (κ2) is 10.8. The molecule has 0 aliphatic carbocycles. The molecule has 0 saturated heterocycles. The standard InChI is InChI=1S/C26H28N4O4/c1-3-10-34-24-9-8-17(19-14-28-26(33-2)29-15-19)12-22(24)25(32)30-20(16-31)11-18-13-27-23-7-5-4-6-21(18)23/h4-9,12-15,20,27,31H,3,10-11,16H2,1-2H3,(H,30,32)/t20-/m1/s1. The van der Waals surface area contributed by atoms with Gasteiger partial charge in [-0.2, -0.15) is 0 Å². The van der Waals surface area contributed by atoms with E-state index in [-0.39, 0.29) is 18.5 Å². The summed E-state index contributed by atoms with van der Waals surface area (Å²) in [5.41, 5.74) is 3.95. The minimum atomic E-state index is -0.460. The van der Waals surface area contributed by atoms with Crippen molar-refractivity contribution in [3.05, 3.63) is 72.2 Å². The van der Waals surface area contributed by atoms with Crippen molar-refractivity contribution in [1.29, 1.82) is 0 Å². The fourth-order valence-corrected chi connectivity index (χ4v) is 3.79. The van der Waals surface area contributed by atoms with Gasteiger partial charge in [-0.1, -0.05) is 31.2 Å². The van der Waals surface area contributed by atoms with Gasteiger partial charge in [0.2, 0.25) is 0 Å². The van der Waals surface area contributed by atoms with Crippen LogP contribution in [0.2, 0.25) is 0 Å². The van der Waals surface area contributed by atoms with E-state index in [1.165, 1.54) is 7.11 Å². The van der Waals surface area contributed by atoms with Gasteiger partial charge in [0.25, 0.3) is 5.91 Å². The van der Waals surface area contributed by atoms with Crippen LogP contribution in [0.4, 0.5) is 0 Å². The fraction of sp³-hybridized carbons (Fsp3) is 0.269. The number of nitrogens with one attached hydrogen (secondary N) is 2. The molecule has 0 radical (unpaired) electrons. The number of hydrogen-bond acceptors (Lipinski definition) is 6. The number of nitrogens with zero attached hydrogens (tertiary/aromatic N) is 2. The van der Waals surface area contributed by atoms with Gasteiger partial charge < -0.3 is 24.9 Å². The summed E-state index contributed by atoms with van der Waals surface area (Å²) in [6.07, 6.45) is 6.50. The lowest BCUT2D eigenvalue weighted by Gasteiger charge is -2.18. The number of benzene rings is 2. The highest BCUT2D eigenvalue weighted by molar-refractivity contribution is 5.98. The number of rotatable bonds is 10. The van der Waals surface area contributed by atoms with Gasteiger partial charge in [0.1, 0.15) is 5.75 Å². The van der Waals surface area contributed by atoms with E-state index in [9.17, 15) is 9.90 Å². The molecule has 1 amide bonds. The van der Waals surface area contributed by atoms with Crippen molar-refractivity contribution < 1.29 is 19.4 Å². The predicted molar refractivity (Wildman–Crippen MR) is 130 cm³/mol. The molecule has 0 aliphatic heterocycles. The molecule has 4 aromatic rings. The van der Waals surface area contributed by atoms with E-state index in [0.717, 1.165) is 34.0 Å². The topological polar surface area (TPSA) is 109 Å². The molecule has 34 heavy (non-hydrogen) atoms. The van der Waals surface area contributed by atoms with Crippen molar-refractivity contribution in [3.8, 4) is 22.9 Å². The number of amides is 1. The van der Waals surface area contributed by atoms with Gasteiger partial charge in [0.15, 0.2) is 0 Å². The molecule has 0 fully saturated rings. The minimum absolute atomic E-state index is 0.192. The van der Waals surface area contributed by atoms with Crippen LogP contribution in [-0.4, -0.2) is 52.3 Å². The number of aromatic amines is 1. The van der Waals surface area contributed by atoms with Gasteiger partial charge in [0.05, 0.1) is 31.9 Å². The zero-order valence-electron chi connectivity index (χ0n) is 19.2. The van der Waals surface area contributed by atoms with E-state index in [1.807, 2.05) is 43.5 Å². The van der Waals surface area contributed by atoms with Crippen LogP contribution < -0.4 is 14.8 Å². The van der Waals surface area contributed by atoms with Crippen LogP contribution in [0.3, 0.4) is 0 Å². The second-order valence-corrected chi connectivity index (χ2v) is 7.93. The van der Waals surface area contributed by atoms with E-state index in [0.29, 0.717) is 24.3 Å².